The lowest BCUT2D eigenvalue weighted by molar-refractivity contribution is -0.250. The molecule has 1 aliphatic heterocycles. The zero-order chi connectivity index (χ0) is 18.2. The van der Waals surface area contributed by atoms with Crippen LogP contribution in [-0.2, 0) is 16.0 Å². The van der Waals surface area contributed by atoms with Gasteiger partial charge in [-0.3, -0.25) is 4.79 Å². The fourth-order valence-corrected chi connectivity index (χ4v) is 2.66. The Kier molecular flexibility index (Phi) is 4.02. The first-order valence-electron chi connectivity index (χ1n) is 7.40. The van der Waals surface area contributed by atoms with Crippen molar-refractivity contribution in [1.29, 1.82) is 0 Å². The number of ether oxygens (including phenoxy) is 2. The van der Waals surface area contributed by atoms with Crippen molar-refractivity contribution in [2.45, 2.75) is 25.1 Å². The van der Waals surface area contributed by atoms with Gasteiger partial charge in [0.05, 0.1) is 5.56 Å². The Labute approximate surface area is 141 Å². The number of Topliss-reactive ketones (excluding diaryl/α,β-unsaturated/α-hetero) is 1. The number of para-hydroxylation sites is 1. The van der Waals surface area contributed by atoms with E-state index in [1.54, 1.807) is 30.3 Å². The molecular formula is C18H13F3O4. The highest BCUT2D eigenvalue weighted by molar-refractivity contribution is 5.98. The molecule has 0 spiro atoms. The number of hydrogen-bond donors (Lipinski definition) is 0. The summed E-state index contributed by atoms with van der Waals surface area (Å²) in [6.07, 6.45) is -5.75. The quantitative estimate of drug-likeness (QED) is 0.783. The number of benzene rings is 2. The lowest BCUT2D eigenvalue weighted by atomic mass is 9.85. The summed E-state index contributed by atoms with van der Waals surface area (Å²) in [5.41, 5.74) is -3.10. The molecule has 2 aromatic carbocycles. The molecule has 0 saturated carbocycles. The van der Waals surface area contributed by atoms with E-state index in [2.05, 4.69) is 4.74 Å². The standard InChI is InChI=1S/C18H13F3O4/c1-11(22)17(18(19,20)21)10-12-7-8-14(9-15(12)16(23)25-17)24-13-5-3-2-4-6-13/h2-9H,10H2,1H3. The number of carbonyl (C=O) groups excluding carboxylic acids is 2. The largest absolute Gasteiger partial charge is 0.457 e. The Morgan fingerprint density at radius 2 is 1.80 bits per heavy atom. The Morgan fingerprint density at radius 3 is 2.40 bits per heavy atom. The number of carbonyl (C=O) groups is 2. The molecule has 0 N–H and O–H groups in total. The molecule has 0 saturated heterocycles. The average molecular weight is 350 g/mol. The van der Waals surface area contributed by atoms with Crippen LogP contribution in [0.5, 0.6) is 11.5 Å². The van der Waals surface area contributed by atoms with Gasteiger partial charge in [0.25, 0.3) is 5.60 Å². The maximum absolute atomic E-state index is 13.4. The first-order valence-corrected chi connectivity index (χ1v) is 7.40. The summed E-state index contributed by atoms with van der Waals surface area (Å²) in [4.78, 5) is 23.7. The maximum atomic E-state index is 13.4. The zero-order valence-corrected chi connectivity index (χ0v) is 13.1. The highest BCUT2D eigenvalue weighted by atomic mass is 19.4. The van der Waals surface area contributed by atoms with Crippen LogP contribution in [0.15, 0.2) is 48.5 Å². The second kappa shape index (κ2) is 5.91. The summed E-state index contributed by atoms with van der Waals surface area (Å²) in [7, 11) is 0. The number of esters is 1. The van der Waals surface area contributed by atoms with Crippen molar-refractivity contribution >= 4 is 11.8 Å². The predicted octanol–water partition coefficient (Wildman–Crippen LogP) is 4.08. The molecule has 1 aliphatic rings. The van der Waals surface area contributed by atoms with Gasteiger partial charge in [0.15, 0.2) is 5.78 Å². The van der Waals surface area contributed by atoms with Crippen molar-refractivity contribution in [3.8, 4) is 11.5 Å². The number of hydrogen-bond acceptors (Lipinski definition) is 4. The minimum Gasteiger partial charge on any atom is -0.457 e. The minimum absolute atomic E-state index is 0.0467. The molecular weight excluding hydrogens is 337 g/mol. The minimum atomic E-state index is -4.99. The van der Waals surface area contributed by atoms with Crippen LogP contribution >= 0.6 is 0 Å². The summed E-state index contributed by atoms with van der Waals surface area (Å²) in [6.45, 7) is 0.763. The molecule has 0 bridgehead atoms. The number of halogens is 3. The second-order valence-electron chi connectivity index (χ2n) is 5.68. The molecule has 130 valence electrons. The van der Waals surface area contributed by atoms with E-state index >= 15 is 0 Å². The van der Waals surface area contributed by atoms with Crippen molar-refractivity contribution in [1.82, 2.24) is 0 Å². The number of cyclic esters (lactones) is 1. The molecule has 0 aromatic heterocycles. The van der Waals surface area contributed by atoms with Crippen LogP contribution in [0.1, 0.15) is 22.8 Å². The fraction of sp³-hybridized carbons (Fsp3) is 0.222. The molecule has 4 nitrogen and oxygen atoms in total. The monoisotopic (exact) mass is 350 g/mol. The van der Waals surface area contributed by atoms with Gasteiger partial charge < -0.3 is 9.47 Å². The van der Waals surface area contributed by atoms with E-state index in [9.17, 15) is 22.8 Å². The average Bonchev–Trinajstić information content (AvgIpc) is 2.55. The van der Waals surface area contributed by atoms with Crippen molar-refractivity contribution < 1.29 is 32.2 Å². The van der Waals surface area contributed by atoms with E-state index in [1.165, 1.54) is 18.2 Å². The van der Waals surface area contributed by atoms with Gasteiger partial charge in [-0.2, -0.15) is 13.2 Å². The lowest BCUT2D eigenvalue weighted by Crippen LogP contribution is -2.58. The van der Waals surface area contributed by atoms with Gasteiger partial charge in [0, 0.05) is 6.42 Å². The third-order valence-corrected chi connectivity index (χ3v) is 4.01. The summed E-state index contributed by atoms with van der Waals surface area (Å²) in [6, 6.07) is 12.8. The SMILES string of the molecule is CC(=O)C1(C(F)(F)F)Cc2ccc(Oc3ccccc3)cc2C(=O)O1. The molecule has 7 heteroatoms. The Balaban J connectivity index is 1.96. The first-order chi connectivity index (χ1) is 11.7. The number of rotatable bonds is 3. The first kappa shape index (κ1) is 17.0. The third kappa shape index (κ3) is 2.97. The van der Waals surface area contributed by atoms with E-state index < -0.39 is 30.0 Å². The van der Waals surface area contributed by atoms with Crippen molar-refractivity contribution in [3.05, 3.63) is 59.7 Å². The van der Waals surface area contributed by atoms with Gasteiger partial charge in [-0.1, -0.05) is 24.3 Å². The second-order valence-corrected chi connectivity index (χ2v) is 5.68. The fourth-order valence-electron chi connectivity index (χ4n) is 2.66. The Morgan fingerprint density at radius 1 is 1.12 bits per heavy atom. The van der Waals surface area contributed by atoms with Crippen LogP contribution in [0, 0.1) is 0 Å². The van der Waals surface area contributed by atoms with Crippen LogP contribution in [-0.4, -0.2) is 23.5 Å². The normalized spacial score (nSPS) is 19.8. The highest BCUT2D eigenvalue weighted by Crippen LogP contribution is 2.42. The van der Waals surface area contributed by atoms with Gasteiger partial charge in [-0.25, -0.2) is 4.79 Å². The van der Waals surface area contributed by atoms with Gasteiger partial charge >= 0.3 is 12.1 Å². The molecule has 1 atom stereocenters. The van der Waals surface area contributed by atoms with Gasteiger partial charge in [-0.05, 0) is 36.8 Å². The molecule has 0 fully saturated rings. The van der Waals surface area contributed by atoms with Crippen molar-refractivity contribution in [2.75, 3.05) is 0 Å². The number of fused-ring (bicyclic) bond motifs is 1. The Bertz CT molecular complexity index is 830. The van der Waals surface area contributed by atoms with Gasteiger partial charge in [-0.15, -0.1) is 0 Å². The van der Waals surface area contributed by atoms with Crippen molar-refractivity contribution in [2.24, 2.45) is 0 Å². The molecule has 0 aliphatic carbocycles. The van der Waals surface area contributed by atoms with Gasteiger partial charge in [0.2, 0.25) is 0 Å². The number of alkyl halides is 3. The van der Waals surface area contributed by atoms with Crippen molar-refractivity contribution in [3.63, 3.8) is 0 Å². The van der Waals surface area contributed by atoms with E-state index in [0.29, 0.717) is 5.75 Å². The van der Waals surface area contributed by atoms with Crippen LogP contribution in [0.2, 0.25) is 0 Å². The summed E-state index contributed by atoms with van der Waals surface area (Å²) < 4.78 is 50.2. The predicted molar refractivity (Wildman–Crippen MR) is 81.5 cm³/mol. The summed E-state index contributed by atoms with van der Waals surface area (Å²) >= 11 is 0. The lowest BCUT2D eigenvalue weighted by Gasteiger charge is -2.36. The molecule has 2 aromatic rings. The van der Waals surface area contributed by atoms with Crippen LogP contribution in [0.25, 0.3) is 0 Å². The van der Waals surface area contributed by atoms with E-state index in [1.807, 2.05) is 0 Å². The summed E-state index contributed by atoms with van der Waals surface area (Å²) in [5, 5.41) is 0. The van der Waals surface area contributed by atoms with Crippen LogP contribution in [0.3, 0.4) is 0 Å². The Hall–Kier alpha value is -2.83. The topological polar surface area (TPSA) is 52.6 Å². The van der Waals surface area contributed by atoms with E-state index in [4.69, 9.17) is 4.74 Å². The third-order valence-electron chi connectivity index (χ3n) is 4.01. The smallest absolute Gasteiger partial charge is 0.436 e. The molecule has 0 radical (unpaired) electrons. The summed E-state index contributed by atoms with van der Waals surface area (Å²) in [5.74, 6) is -1.67. The maximum Gasteiger partial charge on any atom is 0.436 e. The van der Waals surface area contributed by atoms with E-state index in [0.717, 1.165) is 6.92 Å². The molecule has 1 heterocycles. The van der Waals surface area contributed by atoms with E-state index in [-0.39, 0.29) is 16.9 Å². The molecule has 3 rings (SSSR count). The molecule has 0 amide bonds. The highest BCUT2D eigenvalue weighted by Gasteiger charge is 2.63. The van der Waals surface area contributed by atoms with Crippen LogP contribution in [0.4, 0.5) is 13.2 Å². The number of ketones is 1. The molecule has 25 heavy (non-hydrogen) atoms. The van der Waals surface area contributed by atoms with Crippen LogP contribution < -0.4 is 4.74 Å². The molecule has 1 unspecified atom stereocenters. The van der Waals surface area contributed by atoms with Gasteiger partial charge in [0.1, 0.15) is 11.5 Å². The zero-order valence-electron chi connectivity index (χ0n) is 13.1.